The first kappa shape index (κ1) is 14.0. The number of aromatic nitrogens is 1. The van der Waals surface area contributed by atoms with Crippen LogP contribution in [0.5, 0.6) is 0 Å². The summed E-state index contributed by atoms with van der Waals surface area (Å²) in [5.74, 6) is 0.138. The van der Waals surface area contributed by atoms with Crippen molar-refractivity contribution in [3.8, 4) is 0 Å². The number of nitrogens with zero attached hydrogens (tertiary/aromatic N) is 2. The SMILES string of the molecule is CCOCC(=O)N1CCC[C@@H]1CCc1ccncc1. The number of aryl methyl sites for hydroxylation is 1. The minimum absolute atomic E-state index is 0.138. The topological polar surface area (TPSA) is 42.4 Å². The van der Waals surface area contributed by atoms with Gasteiger partial charge in [0.25, 0.3) is 0 Å². The van der Waals surface area contributed by atoms with Gasteiger partial charge in [-0.1, -0.05) is 0 Å². The van der Waals surface area contributed by atoms with Crippen LogP contribution in [0.1, 0.15) is 31.7 Å². The van der Waals surface area contributed by atoms with E-state index >= 15 is 0 Å². The summed E-state index contributed by atoms with van der Waals surface area (Å²) >= 11 is 0. The molecule has 1 aromatic heterocycles. The maximum Gasteiger partial charge on any atom is 0.248 e. The van der Waals surface area contributed by atoms with Gasteiger partial charge in [0.15, 0.2) is 0 Å². The molecule has 0 N–H and O–H groups in total. The van der Waals surface area contributed by atoms with Crippen molar-refractivity contribution >= 4 is 5.91 Å². The van der Waals surface area contributed by atoms with Crippen LogP contribution in [0.25, 0.3) is 0 Å². The largest absolute Gasteiger partial charge is 0.372 e. The molecule has 0 bridgehead atoms. The van der Waals surface area contributed by atoms with Gasteiger partial charge in [-0.25, -0.2) is 0 Å². The number of ether oxygens (including phenoxy) is 1. The fourth-order valence-corrected chi connectivity index (χ4v) is 2.62. The van der Waals surface area contributed by atoms with E-state index < -0.39 is 0 Å². The van der Waals surface area contributed by atoms with Crippen LogP contribution < -0.4 is 0 Å². The number of hydrogen-bond donors (Lipinski definition) is 0. The molecule has 1 fully saturated rings. The number of hydrogen-bond acceptors (Lipinski definition) is 3. The molecule has 19 heavy (non-hydrogen) atoms. The summed E-state index contributed by atoms with van der Waals surface area (Å²) in [4.78, 5) is 18.0. The molecule has 0 radical (unpaired) electrons. The molecule has 1 amide bonds. The predicted octanol–water partition coefficient (Wildman–Crippen LogP) is 2.04. The Bertz CT molecular complexity index is 394. The summed E-state index contributed by atoms with van der Waals surface area (Å²) in [6.07, 6.45) is 7.90. The van der Waals surface area contributed by atoms with Crippen LogP contribution in [0, 0.1) is 0 Å². The van der Waals surface area contributed by atoms with Gasteiger partial charge in [0.2, 0.25) is 5.91 Å². The van der Waals surface area contributed by atoms with E-state index in [0.717, 1.165) is 32.2 Å². The minimum atomic E-state index is 0.138. The Morgan fingerprint density at radius 1 is 1.47 bits per heavy atom. The van der Waals surface area contributed by atoms with Crippen LogP contribution in [0.2, 0.25) is 0 Å². The lowest BCUT2D eigenvalue weighted by atomic mass is 10.0. The third kappa shape index (κ3) is 4.03. The highest BCUT2D eigenvalue weighted by atomic mass is 16.5. The van der Waals surface area contributed by atoms with Crippen molar-refractivity contribution in [1.82, 2.24) is 9.88 Å². The number of rotatable bonds is 6. The molecule has 0 unspecified atom stereocenters. The van der Waals surface area contributed by atoms with Gasteiger partial charge in [0.05, 0.1) is 0 Å². The highest BCUT2D eigenvalue weighted by Crippen LogP contribution is 2.21. The summed E-state index contributed by atoms with van der Waals surface area (Å²) < 4.78 is 5.22. The van der Waals surface area contributed by atoms with Crippen LogP contribution in [-0.2, 0) is 16.0 Å². The lowest BCUT2D eigenvalue weighted by Gasteiger charge is -2.24. The van der Waals surface area contributed by atoms with Crippen molar-refractivity contribution in [2.75, 3.05) is 19.8 Å². The predicted molar refractivity (Wildman–Crippen MR) is 73.8 cm³/mol. The third-order valence-electron chi connectivity index (χ3n) is 3.64. The van der Waals surface area contributed by atoms with Gasteiger partial charge >= 0.3 is 0 Å². The summed E-state index contributed by atoms with van der Waals surface area (Å²) in [5.41, 5.74) is 1.29. The monoisotopic (exact) mass is 262 g/mol. The zero-order valence-electron chi connectivity index (χ0n) is 11.5. The second-order valence-corrected chi connectivity index (χ2v) is 4.91. The van der Waals surface area contributed by atoms with Crippen LogP contribution in [-0.4, -0.2) is 41.6 Å². The molecule has 2 rings (SSSR count). The third-order valence-corrected chi connectivity index (χ3v) is 3.64. The minimum Gasteiger partial charge on any atom is -0.372 e. The Labute approximate surface area is 114 Å². The Hall–Kier alpha value is -1.42. The molecular formula is C15H22N2O2. The molecule has 104 valence electrons. The standard InChI is InChI=1S/C15H22N2O2/c1-2-19-12-15(18)17-11-3-4-14(17)6-5-13-7-9-16-10-8-13/h7-10,14H,2-6,11-12H2,1H3/t14-/m1/s1. The maximum absolute atomic E-state index is 12.0. The average Bonchev–Trinajstić information content (AvgIpc) is 2.92. The first-order valence-corrected chi connectivity index (χ1v) is 7.07. The van der Waals surface area contributed by atoms with E-state index in [-0.39, 0.29) is 12.5 Å². The Kier molecular flexibility index (Phi) is 5.33. The van der Waals surface area contributed by atoms with Crippen molar-refractivity contribution in [2.45, 2.75) is 38.6 Å². The van der Waals surface area contributed by atoms with Crippen molar-refractivity contribution < 1.29 is 9.53 Å². The number of amides is 1. The maximum atomic E-state index is 12.0. The molecule has 1 atom stereocenters. The quantitative estimate of drug-likeness (QED) is 0.788. The van der Waals surface area contributed by atoms with Gasteiger partial charge in [0.1, 0.15) is 6.61 Å². The molecule has 4 nitrogen and oxygen atoms in total. The molecule has 1 aromatic rings. The molecule has 0 aliphatic carbocycles. The van der Waals surface area contributed by atoms with Gasteiger partial charge in [-0.15, -0.1) is 0 Å². The van der Waals surface area contributed by atoms with Crippen LogP contribution in [0.3, 0.4) is 0 Å². The molecule has 0 saturated carbocycles. The van der Waals surface area contributed by atoms with E-state index in [9.17, 15) is 4.79 Å². The summed E-state index contributed by atoms with van der Waals surface area (Å²) in [5, 5.41) is 0. The molecular weight excluding hydrogens is 240 g/mol. The Morgan fingerprint density at radius 3 is 3.00 bits per heavy atom. The van der Waals surface area contributed by atoms with Crippen molar-refractivity contribution in [3.05, 3.63) is 30.1 Å². The summed E-state index contributed by atoms with van der Waals surface area (Å²) in [6.45, 7) is 3.62. The first-order chi connectivity index (χ1) is 9.31. The summed E-state index contributed by atoms with van der Waals surface area (Å²) in [7, 11) is 0. The van der Waals surface area contributed by atoms with Gasteiger partial charge in [-0.3, -0.25) is 9.78 Å². The molecule has 0 spiro atoms. The van der Waals surface area contributed by atoms with Crippen LogP contribution in [0.4, 0.5) is 0 Å². The van der Waals surface area contributed by atoms with Gasteiger partial charge in [0, 0.05) is 31.6 Å². The molecule has 0 aromatic carbocycles. The molecule has 1 aliphatic rings. The average molecular weight is 262 g/mol. The smallest absolute Gasteiger partial charge is 0.248 e. The summed E-state index contributed by atoms with van der Waals surface area (Å²) in [6, 6.07) is 4.46. The zero-order chi connectivity index (χ0) is 13.5. The highest BCUT2D eigenvalue weighted by Gasteiger charge is 2.27. The zero-order valence-corrected chi connectivity index (χ0v) is 11.5. The normalized spacial score (nSPS) is 18.8. The Morgan fingerprint density at radius 2 is 2.26 bits per heavy atom. The number of pyridine rings is 1. The molecule has 1 saturated heterocycles. The molecule has 2 heterocycles. The van der Waals surface area contributed by atoms with Crippen molar-refractivity contribution in [1.29, 1.82) is 0 Å². The Balaban J connectivity index is 1.83. The van der Waals surface area contributed by atoms with Gasteiger partial charge in [-0.2, -0.15) is 0 Å². The van der Waals surface area contributed by atoms with Crippen LogP contribution in [0.15, 0.2) is 24.5 Å². The van der Waals surface area contributed by atoms with E-state index in [2.05, 4.69) is 4.98 Å². The van der Waals surface area contributed by atoms with Gasteiger partial charge < -0.3 is 9.64 Å². The fourth-order valence-electron chi connectivity index (χ4n) is 2.62. The second kappa shape index (κ2) is 7.24. The fraction of sp³-hybridized carbons (Fsp3) is 0.600. The molecule has 1 aliphatic heterocycles. The first-order valence-electron chi connectivity index (χ1n) is 7.07. The van der Waals surface area contributed by atoms with Crippen molar-refractivity contribution in [3.63, 3.8) is 0 Å². The van der Waals surface area contributed by atoms with E-state index in [1.165, 1.54) is 5.56 Å². The lowest BCUT2D eigenvalue weighted by molar-refractivity contribution is -0.136. The van der Waals surface area contributed by atoms with E-state index in [4.69, 9.17) is 4.74 Å². The van der Waals surface area contributed by atoms with E-state index in [0.29, 0.717) is 12.6 Å². The van der Waals surface area contributed by atoms with E-state index in [1.807, 2.05) is 36.4 Å². The van der Waals surface area contributed by atoms with Crippen molar-refractivity contribution in [2.24, 2.45) is 0 Å². The lowest BCUT2D eigenvalue weighted by Crippen LogP contribution is -2.38. The van der Waals surface area contributed by atoms with Crippen LogP contribution >= 0.6 is 0 Å². The number of carbonyl (C=O) groups is 1. The number of carbonyl (C=O) groups excluding carboxylic acids is 1. The number of likely N-dealkylation sites (tertiary alicyclic amines) is 1. The highest BCUT2D eigenvalue weighted by molar-refractivity contribution is 5.78. The molecule has 4 heteroatoms. The van der Waals surface area contributed by atoms with Gasteiger partial charge in [-0.05, 0) is 50.3 Å². The second-order valence-electron chi connectivity index (χ2n) is 4.91. The van der Waals surface area contributed by atoms with E-state index in [1.54, 1.807) is 0 Å².